The van der Waals surface area contributed by atoms with Crippen molar-refractivity contribution >= 4 is 17.5 Å². The summed E-state index contributed by atoms with van der Waals surface area (Å²) in [6.45, 7) is 5.21. The molecule has 1 aliphatic rings. The Balaban J connectivity index is 2.36. The van der Waals surface area contributed by atoms with E-state index in [-0.39, 0.29) is 5.91 Å². The summed E-state index contributed by atoms with van der Waals surface area (Å²) in [7, 11) is 1.82. The van der Waals surface area contributed by atoms with E-state index in [9.17, 15) is 4.79 Å². The summed E-state index contributed by atoms with van der Waals surface area (Å²) >= 11 is 0. The first kappa shape index (κ1) is 11.6. The van der Waals surface area contributed by atoms with E-state index in [2.05, 4.69) is 9.97 Å². The van der Waals surface area contributed by atoms with Gasteiger partial charge in [0.2, 0.25) is 5.91 Å². The number of amides is 1. The second-order valence-corrected chi connectivity index (χ2v) is 4.74. The molecule has 0 aliphatic carbocycles. The summed E-state index contributed by atoms with van der Waals surface area (Å²) in [5, 5.41) is 0. The molecule has 0 radical (unpaired) electrons. The molecule has 0 aromatic carbocycles. The minimum Gasteiger partial charge on any atom is -0.384 e. The molecule has 0 unspecified atom stereocenters. The highest BCUT2D eigenvalue weighted by atomic mass is 16.2. The predicted octanol–water partition coefficient (Wildman–Crippen LogP) is 0.116. The van der Waals surface area contributed by atoms with Crippen molar-refractivity contribution in [2.45, 2.75) is 19.4 Å². The van der Waals surface area contributed by atoms with E-state index in [0.717, 1.165) is 6.54 Å². The maximum Gasteiger partial charge on any atom is 0.247 e. The smallest absolute Gasteiger partial charge is 0.247 e. The molecule has 1 aromatic rings. The maximum atomic E-state index is 12.1. The molecule has 1 fully saturated rings. The molecule has 2 heterocycles. The van der Waals surface area contributed by atoms with Crippen LogP contribution in [-0.2, 0) is 4.79 Å². The van der Waals surface area contributed by atoms with Gasteiger partial charge in [0.15, 0.2) is 0 Å². The lowest BCUT2D eigenvalue weighted by Crippen LogP contribution is -2.62. The molecule has 0 spiro atoms. The second-order valence-electron chi connectivity index (χ2n) is 4.74. The fraction of sp³-hybridized carbons (Fsp3) is 0.545. The normalized spacial score (nSPS) is 19.6. The Hall–Kier alpha value is -1.85. The average molecular weight is 235 g/mol. The van der Waals surface area contributed by atoms with Crippen molar-refractivity contribution < 1.29 is 4.79 Å². The molecule has 1 aliphatic heterocycles. The van der Waals surface area contributed by atoms with Gasteiger partial charge in [0, 0.05) is 26.2 Å². The number of likely N-dealkylation sites (N-methyl/N-ethyl adjacent to an activating group) is 1. The van der Waals surface area contributed by atoms with Crippen LogP contribution in [0.25, 0.3) is 0 Å². The monoisotopic (exact) mass is 235 g/mol. The van der Waals surface area contributed by atoms with Crippen LogP contribution in [0.2, 0.25) is 0 Å². The van der Waals surface area contributed by atoms with Gasteiger partial charge in [0.1, 0.15) is 23.5 Å². The number of nitrogens with zero attached hydrogens (tertiary/aromatic N) is 4. The topological polar surface area (TPSA) is 75.3 Å². The Kier molecular flexibility index (Phi) is 2.65. The molecule has 1 amide bonds. The Labute approximate surface area is 100 Å². The van der Waals surface area contributed by atoms with E-state index in [1.807, 2.05) is 25.8 Å². The van der Waals surface area contributed by atoms with E-state index in [1.54, 1.807) is 11.0 Å². The van der Waals surface area contributed by atoms with Gasteiger partial charge in [-0.3, -0.25) is 4.79 Å². The summed E-state index contributed by atoms with van der Waals surface area (Å²) in [5.74, 6) is 1.20. The van der Waals surface area contributed by atoms with Gasteiger partial charge >= 0.3 is 0 Å². The van der Waals surface area contributed by atoms with Gasteiger partial charge in [-0.05, 0) is 13.8 Å². The van der Waals surface area contributed by atoms with Crippen molar-refractivity contribution in [3.8, 4) is 0 Å². The largest absolute Gasteiger partial charge is 0.384 e. The third-order valence-corrected chi connectivity index (χ3v) is 3.15. The Morgan fingerprint density at radius 2 is 2.06 bits per heavy atom. The number of nitrogens with two attached hydrogens (primary N) is 1. The number of hydrogen-bond acceptors (Lipinski definition) is 5. The summed E-state index contributed by atoms with van der Waals surface area (Å²) in [6, 6.07) is 1.69. The van der Waals surface area contributed by atoms with Gasteiger partial charge in [-0.2, -0.15) is 0 Å². The molecular formula is C11H17N5O. The summed E-state index contributed by atoms with van der Waals surface area (Å²) in [6.07, 6.45) is 1.42. The average Bonchev–Trinajstić information content (AvgIpc) is 2.26. The number of piperazine rings is 1. The molecule has 0 atom stereocenters. The lowest BCUT2D eigenvalue weighted by molar-refractivity contribution is -0.136. The van der Waals surface area contributed by atoms with Crippen LogP contribution < -0.4 is 10.6 Å². The second kappa shape index (κ2) is 3.87. The van der Waals surface area contributed by atoms with Crippen LogP contribution in [0.5, 0.6) is 0 Å². The fourth-order valence-electron chi connectivity index (χ4n) is 2.12. The minimum atomic E-state index is -0.603. The molecule has 6 nitrogen and oxygen atoms in total. The van der Waals surface area contributed by atoms with Crippen molar-refractivity contribution in [2.24, 2.45) is 0 Å². The van der Waals surface area contributed by atoms with Crippen LogP contribution in [0, 0.1) is 0 Å². The van der Waals surface area contributed by atoms with E-state index in [1.165, 1.54) is 6.33 Å². The van der Waals surface area contributed by atoms with Crippen LogP contribution >= 0.6 is 0 Å². The Morgan fingerprint density at radius 3 is 2.71 bits per heavy atom. The Morgan fingerprint density at radius 1 is 1.35 bits per heavy atom. The van der Waals surface area contributed by atoms with Crippen LogP contribution in [0.4, 0.5) is 11.6 Å². The molecule has 2 rings (SSSR count). The molecule has 17 heavy (non-hydrogen) atoms. The highest BCUT2D eigenvalue weighted by Gasteiger charge is 2.41. The van der Waals surface area contributed by atoms with Crippen LogP contribution in [0.1, 0.15) is 13.8 Å². The molecule has 6 heteroatoms. The first-order valence-corrected chi connectivity index (χ1v) is 5.53. The standard InChI is InChI=1S/C11H17N5O/c1-11(2)10(17)15(3)4-5-16(11)9-6-8(12)13-7-14-9/h6-7H,4-5H2,1-3H3,(H2,12,13,14). The third-order valence-electron chi connectivity index (χ3n) is 3.15. The highest BCUT2D eigenvalue weighted by Crippen LogP contribution is 2.27. The van der Waals surface area contributed by atoms with Crippen molar-refractivity contribution in [1.82, 2.24) is 14.9 Å². The van der Waals surface area contributed by atoms with Gasteiger partial charge in [-0.15, -0.1) is 0 Å². The van der Waals surface area contributed by atoms with Crippen LogP contribution in [0.15, 0.2) is 12.4 Å². The summed E-state index contributed by atoms with van der Waals surface area (Å²) < 4.78 is 0. The lowest BCUT2D eigenvalue weighted by atomic mass is 9.98. The number of aromatic nitrogens is 2. The number of carbonyl (C=O) groups excluding carboxylic acids is 1. The highest BCUT2D eigenvalue weighted by molar-refractivity contribution is 5.90. The SMILES string of the molecule is CN1CCN(c2cc(N)ncn2)C(C)(C)C1=O. The van der Waals surface area contributed by atoms with Crippen LogP contribution in [0.3, 0.4) is 0 Å². The van der Waals surface area contributed by atoms with Gasteiger partial charge in [0.25, 0.3) is 0 Å². The maximum absolute atomic E-state index is 12.1. The number of anilines is 2. The summed E-state index contributed by atoms with van der Waals surface area (Å²) in [5.41, 5.74) is 5.04. The molecule has 1 saturated heterocycles. The van der Waals surface area contributed by atoms with Gasteiger partial charge < -0.3 is 15.5 Å². The molecule has 2 N–H and O–H groups in total. The zero-order valence-corrected chi connectivity index (χ0v) is 10.3. The van der Waals surface area contributed by atoms with E-state index >= 15 is 0 Å². The Bertz CT molecular complexity index is 445. The molecule has 0 bridgehead atoms. The number of nitrogen functional groups attached to an aromatic ring is 1. The van der Waals surface area contributed by atoms with Crippen LogP contribution in [-0.4, -0.2) is 46.5 Å². The van der Waals surface area contributed by atoms with Crippen molar-refractivity contribution in [3.05, 3.63) is 12.4 Å². The predicted molar refractivity (Wildman–Crippen MR) is 65.5 cm³/mol. The van der Waals surface area contributed by atoms with Crippen molar-refractivity contribution in [2.75, 3.05) is 30.8 Å². The lowest BCUT2D eigenvalue weighted by Gasteiger charge is -2.45. The number of carbonyl (C=O) groups is 1. The molecule has 0 saturated carbocycles. The van der Waals surface area contributed by atoms with E-state index in [0.29, 0.717) is 18.2 Å². The quantitative estimate of drug-likeness (QED) is 0.748. The summed E-state index contributed by atoms with van der Waals surface area (Å²) in [4.78, 5) is 23.9. The zero-order valence-electron chi connectivity index (χ0n) is 10.3. The fourth-order valence-corrected chi connectivity index (χ4v) is 2.12. The first-order valence-electron chi connectivity index (χ1n) is 5.53. The number of rotatable bonds is 1. The molecular weight excluding hydrogens is 218 g/mol. The van der Waals surface area contributed by atoms with Gasteiger partial charge in [0.05, 0.1) is 0 Å². The first-order chi connectivity index (χ1) is 7.93. The third kappa shape index (κ3) is 1.90. The van der Waals surface area contributed by atoms with E-state index < -0.39 is 5.54 Å². The number of hydrogen-bond donors (Lipinski definition) is 1. The minimum absolute atomic E-state index is 0.0842. The van der Waals surface area contributed by atoms with Crippen molar-refractivity contribution in [3.63, 3.8) is 0 Å². The molecule has 1 aromatic heterocycles. The zero-order chi connectivity index (χ0) is 12.6. The van der Waals surface area contributed by atoms with Gasteiger partial charge in [-0.1, -0.05) is 0 Å². The van der Waals surface area contributed by atoms with E-state index in [4.69, 9.17) is 5.73 Å². The molecule has 92 valence electrons. The van der Waals surface area contributed by atoms with Gasteiger partial charge in [-0.25, -0.2) is 9.97 Å². The van der Waals surface area contributed by atoms with Crippen molar-refractivity contribution in [1.29, 1.82) is 0 Å².